The number of halogens is 2. The van der Waals surface area contributed by atoms with Crippen LogP contribution in [0.5, 0.6) is 0 Å². The second-order valence-corrected chi connectivity index (χ2v) is 5.98. The average Bonchev–Trinajstić information content (AvgIpc) is 3.23. The molecule has 2 N–H and O–H groups in total. The third-order valence-corrected chi connectivity index (χ3v) is 4.44. The Morgan fingerprint density at radius 1 is 1.12 bits per heavy atom. The van der Waals surface area contributed by atoms with E-state index in [1.165, 1.54) is 18.6 Å². The van der Waals surface area contributed by atoms with E-state index in [0.29, 0.717) is 6.42 Å². The van der Waals surface area contributed by atoms with Crippen LogP contribution in [-0.2, 0) is 9.47 Å². The molecule has 1 saturated carbocycles. The number of anilines is 1. The molecule has 0 radical (unpaired) electrons. The normalized spacial score (nSPS) is 24.1. The number of hydrogen-bond acceptors (Lipinski definition) is 6. The van der Waals surface area contributed by atoms with Crippen molar-refractivity contribution in [1.82, 2.24) is 5.16 Å². The van der Waals surface area contributed by atoms with Gasteiger partial charge in [0.05, 0.1) is 23.1 Å². The average molecular weight is 338 g/mol. The molecule has 0 unspecified atom stereocenters. The molecule has 4 rings (SSSR count). The molecule has 8 heteroatoms. The summed E-state index contributed by atoms with van der Waals surface area (Å²) < 4.78 is 43.6. The van der Waals surface area contributed by atoms with Crippen LogP contribution >= 0.6 is 0 Å². The van der Waals surface area contributed by atoms with E-state index in [0.717, 1.165) is 19.3 Å². The van der Waals surface area contributed by atoms with Gasteiger partial charge in [-0.1, -0.05) is 18.0 Å². The molecule has 0 saturated heterocycles. The molecule has 6 nitrogen and oxygen atoms in total. The molecule has 1 aliphatic heterocycles. The summed E-state index contributed by atoms with van der Waals surface area (Å²) in [6, 6.07) is 1.18. The number of benzene rings is 1. The van der Waals surface area contributed by atoms with Crippen molar-refractivity contribution < 1.29 is 27.9 Å². The fraction of sp³-hybridized carbons (Fsp3) is 0.438. The third-order valence-electron chi connectivity index (χ3n) is 4.44. The lowest BCUT2D eigenvalue weighted by Crippen LogP contribution is -2.36. The second-order valence-electron chi connectivity index (χ2n) is 5.98. The molecular weight excluding hydrogens is 322 g/mol. The molecule has 2 aliphatic rings. The highest BCUT2D eigenvalue weighted by Crippen LogP contribution is 2.35. The minimum Gasteiger partial charge on any atom is -0.455 e. The summed E-state index contributed by atoms with van der Waals surface area (Å²) in [5.41, 5.74) is -0.365. The second kappa shape index (κ2) is 5.94. The maximum Gasteiger partial charge on any atom is 0.269 e. The van der Waals surface area contributed by atoms with Gasteiger partial charge in [-0.3, -0.25) is 0 Å². The Morgan fingerprint density at radius 2 is 1.88 bits per heavy atom. The number of hydrogen-bond donors (Lipinski definition) is 2. The molecule has 24 heavy (non-hydrogen) atoms. The first-order chi connectivity index (χ1) is 11.6. The zero-order valence-corrected chi connectivity index (χ0v) is 12.7. The summed E-state index contributed by atoms with van der Waals surface area (Å²) in [5, 5.41) is 17.2. The van der Waals surface area contributed by atoms with Gasteiger partial charge in [0.2, 0.25) is 11.4 Å². The van der Waals surface area contributed by atoms with Crippen LogP contribution in [0.3, 0.4) is 0 Å². The maximum atomic E-state index is 14.3. The predicted octanol–water partition coefficient (Wildman–Crippen LogP) is 3.34. The minimum atomic E-state index is -1.15. The van der Waals surface area contributed by atoms with Gasteiger partial charge in [-0.15, -0.1) is 0 Å². The van der Waals surface area contributed by atoms with E-state index < -0.39 is 24.0 Å². The molecule has 0 spiro atoms. The standard InChI is InChI=1S/C16H16F2N2O4/c17-12-8(16-22-5-6-23-16)7-9-14(13(12)18)24-20-15(9)19-10-3-1-2-4-11(10)21/h5-7,10-11,16,21H,1-4H2,(H,19,20)/t10-,11-/m0/s1. The van der Waals surface area contributed by atoms with Crippen molar-refractivity contribution in [2.24, 2.45) is 0 Å². The van der Waals surface area contributed by atoms with E-state index in [1.54, 1.807) is 0 Å². The number of fused-ring (bicyclic) bond motifs is 1. The summed E-state index contributed by atoms with van der Waals surface area (Å²) in [6.45, 7) is 0. The van der Waals surface area contributed by atoms with Crippen LogP contribution in [0.15, 0.2) is 23.1 Å². The Morgan fingerprint density at radius 3 is 2.62 bits per heavy atom. The van der Waals surface area contributed by atoms with Crippen molar-refractivity contribution in [2.45, 2.75) is 44.1 Å². The summed E-state index contributed by atoms with van der Waals surface area (Å²) in [4.78, 5) is 0. The van der Waals surface area contributed by atoms with Crippen molar-refractivity contribution in [2.75, 3.05) is 5.32 Å². The summed E-state index contributed by atoms with van der Waals surface area (Å²) in [6.07, 6.45) is 4.37. The lowest BCUT2D eigenvalue weighted by molar-refractivity contribution is -0.0274. The van der Waals surface area contributed by atoms with Gasteiger partial charge in [0.15, 0.2) is 11.6 Å². The van der Waals surface area contributed by atoms with Crippen LogP contribution in [0.25, 0.3) is 11.0 Å². The number of aliphatic hydroxyl groups excluding tert-OH is 1. The molecular formula is C16H16F2N2O4. The lowest BCUT2D eigenvalue weighted by Gasteiger charge is -2.28. The van der Waals surface area contributed by atoms with Crippen molar-refractivity contribution in [3.8, 4) is 0 Å². The number of nitrogens with zero attached hydrogens (tertiary/aromatic N) is 1. The zero-order valence-electron chi connectivity index (χ0n) is 12.7. The molecule has 128 valence electrons. The summed E-state index contributed by atoms with van der Waals surface area (Å²) >= 11 is 0. The Bertz CT molecular complexity index is 784. The Hall–Kier alpha value is -2.35. The maximum absolute atomic E-state index is 14.3. The van der Waals surface area contributed by atoms with Crippen LogP contribution in [-0.4, -0.2) is 22.4 Å². The molecule has 0 bridgehead atoms. The minimum absolute atomic E-state index is 0.0829. The fourth-order valence-electron chi connectivity index (χ4n) is 3.15. The summed E-state index contributed by atoms with van der Waals surface area (Å²) in [7, 11) is 0. The van der Waals surface area contributed by atoms with Gasteiger partial charge in [-0.2, -0.15) is 4.39 Å². The first-order valence-electron chi connectivity index (χ1n) is 7.83. The van der Waals surface area contributed by atoms with E-state index in [9.17, 15) is 13.9 Å². The van der Waals surface area contributed by atoms with Crippen molar-refractivity contribution >= 4 is 16.8 Å². The molecule has 1 fully saturated rings. The van der Waals surface area contributed by atoms with E-state index in [4.69, 9.17) is 14.0 Å². The third kappa shape index (κ3) is 2.47. The molecule has 2 aromatic rings. The van der Waals surface area contributed by atoms with Crippen LogP contribution in [0.1, 0.15) is 37.5 Å². The van der Waals surface area contributed by atoms with E-state index in [2.05, 4.69) is 10.5 Å². The van der Waals surface area contributed by atoms with E-state index in [-0.39, 0.29) is 28.4 Å². The monoisotopic (exact) mass is 338 g/mol. The van der Waals surface area contributed by atoms with E-state index >= 15 is 0 Å². The van der Waals surface area contributed by atoms with Gasteiger partial charge >= 0.3 is 0 Å². The van der Waals surface area contributed by atoms with Crippen LogP contribution in [0.2, 0.25) is 0 Å². The largest absolute Gasteiger partial charge is 0.455 e. The quantitative estimate of drug-likeness (QED) is 0.894. The Labute approximate surface area is 136 Å². The summed E-state index contributed by atoms with van der Waals surface area (Å²) in [5.74, 6) is -1.98. The lowest BCUT2D eigenvalue weighted by atomic mass is 9.92. The zero-order chi connectivity index (χ0) is 16.7. The van der Waals surface area contributed by atoms with Gasteiger partial charge in [0.1, 0.15) is 12.5 Å². The number of rotatable bonds is 3. The van der Waals surface area contributed by atoms with Gasteiger partial charge in [-0.05, 0) is 18.9 Å². The van der Waals surface area contributed by atoms with Crippen molar-refractivity contribution in [1.29, 1.82) is 0 Å². The molecule has 1 aromatic heterocycles. The molecule has 2 heterocycles. The van der Waals surface area contributed by atoms with Gasteiger partial charge in [0.25, 0.3) is 6.29 Å². The number of ether oxygens (including phenoxy) is 2. The number of aromatic nitrogens is 1. The fourth-order valence-corrected chi connectivity index (χ4v) is 3.15. The highest BCUT2D eigenvalue weighted by molar-refractivity contribution is 5.89. The predicted molar refractivity (Wildman–Crippen MR) is 79.9 cm³/mol. The van der Waals surface area contributed by atoms with Crippen molar-refractivity contribution in [3.05, 3.63) is 35.8 Å². The number of nitrogens with one attached hydrogen (secondary N) is 1. The molecule has 2 atom stereocenters. The number of aliphatic hydroxyl groups is 1. The highest BCUT2D eigenvalue weighted by atomic mass is 19.2. The van der Waals surface area contributed by atoms with Crippen molar-refractivity contribution in [3.63, 3.8) is 0 Å². The van der Waals surface area contributed by atoms with E-state index in [1.807, 2.05) is 0 Å². The smallest absolute Gasteiger partial charge is 0.269 e. The van der Waals surface area contributed by atoms with Gasteiger partial charge in [-0.25, -0.2) is 4.39 Å². The first-order valence-corrected chi connectivity index (χ1v) is 7.83. The topological polar surface area (TPSA) is 76.8 Å². The Balaban J connectivity index is 1.71. The Kier molecular flexibility index (Phi) is 3.76. The first kappa shape index (κ1) is 15.2. The van der Waals surface area contributed by atoms with Crippen LogP contribution in [0.4, 0.5) is 14.6 Å². The van der Waals surface area contributed by atoms with Gasteiger partial charge < -0.3 is 24.4 Å². The molecule has 1 aromatic carbocycles. The van der Waals surface area contributed by atoms with Crippen LogP contribution in [0, 0.1) is 11.6 Å². The molecule has 1 aliphatic carbocycles. The highest BCUT2D eigenvalue weighted by Gasteiger charge is 2.29. The van der Waals surface area contributed by atoms with Gasteiger partial charge in [0, 0.05) is 0 Å². The van der Waals surface area contributed by atoms with Crippen LogP contribution < -0.4 is 5.32 Å². The SMILES string of the molecule is O[C@H]1CCCC[C@@H]1Nc1noc2c(F)c(F)c(C3OC=CO3)cc12. The molecule has 0 amide bonds.